The van der Waals surface area contributed by atoms with Gasteiger partial charge in [-0.05, 0) is 25.5 Å². The van der Waals surface area contributed by atoms with E-state index in [1.807, 2.05) is 13.8 Å². The molecule has 0 aromatic carbocycles. The summed E-state index contributed by atoms with van der Waals surface area (Å²) in [5, 5.41) is 5.49. The van der Waals surface area contributed by atoms with Crippen LogP contribution in [0.4, 0.5) is 10.5 Å². The number of aromatic nitrogens is 1. The minimum absolute atomic E-state index is 0.141. The number of methoxy groups -OCH3 is 1. The van der Waals surface area contributed by atoms with Crippen molar-refractivity contribution in [2.45, 2.75) is 26.3 Å². The highest BCUT2D eigenvalue weighted by Crippen LogP contribution is 2.19. The van der Waals surface area contributed by atoms with Gasteiger partial charge in [0.1, 0.15) is 5.69 Å². The number of anilines is 1. The maximum absolute atomic E-state index is 11.5. The average Bonchev–Trinajstić information content (AvgIpc) is 2.29. The lowest BCUT2D eigenvalue weighted by Crippen LogP contribution is -2.35. The van der Waals surface area contributed by atoms with Gasteiger partial charge in [0.05, 0.1) is 7.11 Å². The maximum Gasteiger partial charge on any atom is 0.319 e. The van der Waals surface area contributed by atoms with Gasteiger partial charge in [0.25, 0.3) is 0 Å². The molecule has 0 radical (unpaired) electrons. The van der Waals surface area contributed by atoms with Crippen LogP contribution in [0.3, 0.4) is 0 Å². The monoisotopic (exact) mass is 223 g/mol. The van der Waals surface area contributed by atoms with Gasteiger partial charge >= 0.3 is 6.03 Å². The summed E-state index contributed by atoms with van der Waals surface area (Å²) in [6, 6.07) is 3.37. The van der Waals surface area contributed by atoms with Gasteiger partial charge in [-0.25, -0.2) is 9.78 Å². The number of urea groups is 1. The van der Waals surface area contributed by atoms with Crippen molar-refractivity contribution < 1.29 is 9.53 Å². The van der Waals surface area contributed by atoms with Gasteiger partial charge in [-0.1, -0.05) is 6.92 Å². The Kier molecular flexibility index (Phi) is 4.57. The Bertz CT molecular complexity index is 355. The molecule has 2 amide bonds. The topological polar surface area (TPSA) is 63.2 Å². The van der Waals surface area contributed by atoms with E-state index in [-0.39, 0.29) is 12.1 Å². The van der Waals surface area contributed by atoms with Gasteiger partial charge in [-0.15, -0.1) is 0 Å². The summed E-state index contributed by atoms with van der Waals surface area (Å²) in [6.45, 7) is 3.95. The predicted octanol–water partition coefficient (Wildman–Crippen LogP) is 2.01. The Morgan fingerprint density at radius 1 is 1.62 bits per heavy atom. The predicted molar refractivity (Wildman–Crippen MR) is 62.7 cm³/mol. The van der Waals surface area contributed by atoms with Crippen LogP contribution in [0.15, 0.2) is 18.3 Å². The third-order valence-electron chi connectivity index (χ3n) is 2.20. The largest absolute Gasteiger partial charge is 0.480 e. The van der Waals surface area contributed by atoms with E-state index in [0.29, 0.717) is 11.6 Å². The Hall–Kier alpha value is -1.78. The van der Waals surface area contributed by atoms with E-state index in [2.05, 4.69) is 15.6 Å². The fourth-order valence-electron chi connectivity index (χ4n) is 1.13. The highest BCUT2D eigenvalue weighted by Gasteiger charge is 2.09. The van der Waals surface area contributed by atoms with Crippen LogP contribution in [0.2, 0.25) is 0 Å². The molecule has 0 aliphatic heterocycles. The van der Waals surface area contributed by atoms with Crippen molar-refractivity contribution in [3.63, 3.8) is 0 Å². The number of amides is 2. The zero-order valence-electron chi connectivity index (χ0n) is 9.78. The summed E-state index contributed by atoms with van der Waals surface area (Å²) in [6.07, 6.45) is 2.49. The average molecular weight is 223 g/mol. The smallest absolute Gasteiger partial charge is 0.319 e. The van der Waals surface area contributed by atoms with Crippen LogP contribution in [0.5, 0.6) is 5.88 Å². The van der Waals surface area contributed by atoms with E-state index in [1.54, 1.807) is 18.3 Å². The van der Waals surface area contributed by atoms with Gasteiger partial charge in [0.15, 0.2) is 0 Å². The van der Waals surface area contributed by atoms with Gasteiger partial charge in [-0.3, -0.25) is 0 Å². The number of ether oxygens (including phenoxy) is 1. The highest BCUT2D eigenvalue weighted by molar-refractivity contribution is 5.90. The van der Waals surface area contributed by atoms with Crippen molar-refractivity contribution in [2.75, 3.05) is 12.4 Å². The Labute approximate surface area is 95.2 Å². The summed E-state index contributed by atoms with van der Waals surface area (Å²) < 4.78 is 5.02. The number of nitrogens with one attached hydrogen (secondary N) is 2. The Morgan fingerprint density at radius 3 is 3.00 bits per heavy atom. The molecule has 1 aromatic heterocycles. The van der Waals surface area contributed by atoms with Crippen molar-refractivity contribution in [3.05, 3.63) is 18.3 Å². The van der Waals surface area contributed by atoms with Gasteiger partial charge in [-0.2, -0.15) is 0 Å². The number of pyridine rings is 1. The molecule has 0 aliphatic carbocycles. The molecule has 0 saturated heterocycles. The molecule has 0 bridgehead atoms. The van der Waals surface area contributed by atoms with Crippen LogP contribution in [0.25, 0.3) is 0 Å². The maximum atomic E-state index is 11.5. The van der Waals surface area contributed by atoms with Crippen LogP contribution in [-0.4, -0.2) is 24.2 Å². The molecular formula is C11H17N3O2. The van der Waals surface area contributed by atoms with Gasteiger partial charge < -0.3 is 15.4 Å². The zero-order valence-corrected chi connectivity index (χ0v) is 9.78. The van der Waals surface area contributed by atoms with E-state index in [0.717, 1.165) is 6.42 Å². The first-order chi connectivity index (χ1) is 7.67. The second-order valence-corrected chi connectivity index (χ2v) is 3.47. The molecule has 0 aliphatic rings. The van der Waals surface area contributed by atoms with Crippen molar-refractivity contribution in [3.8, 4) is 5.88 Å². The lowest BCUT2D eigenvalue weighted by Gasteiger charge is -2.13. The summed E-state index contributed by atoms with van der Waals surface area (Å²) >= 11 is 0. The first-order valence-corrected chi connectivity index (χ1v) is 5.24. The first-order valence-electron chi connectivity index (χ1n) is 5.24. The fraction of sp³-hybridized carbons (Fsp3) is 0.455. The summed E-state index contributed by atoms with van der Waals surface area (Å²) in [5.74, 6) is 0.404. The van der Waals surface area contributed by atoms with E-state index in [1.165, 1.54) is 7.11 Å². The van der Waals surface area contributed by atoms with Crippen LogP contribution >= 0.6 is 0 Å². The molecule has 1 rings (SSSR count). The fourth-order valence-corrected chi connectivity index (χ4v) is 1.13. The quantitative estimate of drug-likeness (QED) is 0.820. The van der Waals surface area contributed by atoms with Gasteiger partial charge in [0, 0.05) is 12.2 Å². The van der Waals surface area contributed by atoms with Crippen LogP contribution in [0.1, 0.15) is 20.3 Å². The van der Waals surface area contributed by atoms with Crippen LogP contribution < -0.4 is 15.4 Å². The molecule has 1 atom stereocenters. The Morgan fingerprint density at radius 2 is 2.38 bits per heavy atom. The second-order valence-electron chi connectivity index (χ2n) is 3.47. The zero-order chi connectivity index (χ0) is 12.0. The number of hydrogen-bond acceptors (Lipinski definition) is 3. The summed E-state index contributed by atoms with van der Waals surface area (Å²) in [5.41, 5.74) is 0.561. The van der Waals surface area contributed by atoms with E-state index < -0.39 is 0 Å². The molecular weight excluding hydrogens is 206 g/mol. The number of nitrogens with zero attached hydrogens (tertiary/aromatic N) is 1. The van der Waals surface area contributed by atoms with E-state index in [4.69, 9.17) is 4.74 Å². The molecule has 1 heterocycles. The third kappa shape index (κ3) is 3.42. The third-order valence-corrected chi connectivity index (χ3v) is 2.20. The number of rotatable bonds is 4. The van der Waals surface area contributed by atoms with Crippen molar-refractivity contribution >= 4 is 11.7 Å². The normalized spacial score (nSPS) is 11.7. The van der Waals surface area contributed by atoms with E-state index in [9.17, 15) is 4.79 Å². The standard InChI is InChI=1S/C11H17N3O2/c1-4-8(2)13-11(15)14-9-6-5-7-12-10(9)16-3/h5-8H,4H2,1-3H3,(H2,13,14,15)/t8-/m1/s1. The van der Waals surface area contributed by atoms with Crippen molar-refractivity contribution in [1.29, 1.82) is 0 Å². The summed E-state index contributed by atoms with van der Waals surface area (Å²) in [4.78, 5) is 15.5. The van der Waals surface area contributed by atoms with Crippen molar-refractivity contribution in [2.24, 2.45) is 0 Å². The lowest BCUT2D eigenvalue weighted by molar-refractivity contribution is 0.249. The second kappa shape index (κ2) is 5.95. The minimum Gasteiger partial charge on any atom is -0.480 e. The molecule has 0 fully saturated rings. The molecule has 0 spiro atoms. The molecule has 2 N–H and O–H groups in total. The van der Waals surface area contributed by atoms with Crippen LogP contribution in [0, 0.1) is 0 Å². The number of carbonyl (C=O) groups is 1. The minimum atomic E-state index is -0.249. The van der Waals surface area contributed by atoms with Crippen LogP contribution in [-0.2, 0) is 0 Å². The Balaban J connectivity index is 2.62. The lowest BCUT2D eigenvalue weighted by atomic mass is 10.3. The SMILES string of the molecule is CC[C@@H](C)NC(=O)Nc1cccnc1OC. The summed E-state index contributed by atoms with van der Waals surface area (Å²) in [7, 11) is 1.51. The molecule has 16 heavy (non-hydrogen) atoms. The van der Waals surface area contributed by atoms with E-state index >= 15 is 0 Å². The van der Waals surface area contributed by atoms with Gasteiger partial charge in [0.2, 0.25) is 5.88 Å². The molecule has 1 aromatic rings. The number of hydrogen-bond donors (Lipinski definition) is 2. The number of carbonyl (C=O) groups excluding carboxylic acids is 1. The van der Waals surface area contributed by atoms with Crippen molar-refractivity contribution in [1.82, 2.24) is 10.3 Å². The highest BCUT2D eigenvalue weighted by atomic mass is 16.5. The molecule has 5 nitrogen and oxygen atoms in total. The molecule has 5 heteroatoms. The molecule has 0 unspecified atom stereocenters. The molecule has 88 valence electrons. The molecule has 0 saturated carbocycles. The first kappa shape index (κ1) is 12.3.